The van der Waals surface area contributed by atoms with Gasteiger partial charge in [0.05, 0.1) is 6.10 Å². The monoisotopic (exact) mass is 267 g/mol. The quantitative estimate of drug-likeness (QED) is 0.748. The van der Waals surface area contributed by atoms with E-state index in [-0.39, 0.29) is 5.91 Å². The van der Waals surface area contributed by atoms with Crippen LogP contribution in [0.25, 0.3) is 0 Å². The van der Waals surface area contributed by atoms with Crippen LogP contribution in [0.5, 0.6) is 0 Å². The van der Waals surface area contributed by atoms with Crippen molar-refractivity contribution >= 4 is 5.91 Å². The number of carbonyl (C=O) groups excluding carboxylic acids is 1. The van der Waals surface area contributed by atoms with E-state index in [1.807, 2.05) is 0 Å². The van der Waals surface area contributed by atoms with E-state index in [0.29, 0.717) is 30.7 Å². The maximum atomic E-state index is 11.6. The molecule has 1 aromatic heterocycles. The molecule has 2 heterocycles. The van der Waals surface area contributed by atoms with E-state index < -0.39 is 0 Å². The third-order valence-corrected chi connectivity index (χ3v) is 3.11. The summed E-state index contributed by atoms with van der Waals surface area (Å²) in [5, 5.41) is 9.76. The van der Waals surface area contributed by atoms with Crippen LogP contribution in [0.2, 0.25) is 0 Å². The maximum absolute atomic E-state index is 11.6. The van der Waals surface area contributed by atoms with Crippen LogP contribution >= 0.6 is 0 Å². The van der Waals surface area contributed by atoms with E-state index in [0.717, 1.165) is 32.4 Å². The Labute approximate surface area is 112 Å². The SMILES string of the molecule is Cc1cc(C(=O)NCCCOC2CCNCC2)no1. The molecule has 0 atom stereocenters. The summed E-state index contributed by atoms with van der Waals surface area (Å²) in [7, 11) is 0. The van der Waals surface area contributed by atoms with Gasteiger partial charge in [-0.15, -0.1) is 0 Å². The van der Waals surface area contributed by atoms with Gasteiger partial charge in [0.1, 0.15) is 5.76 Å². The number of aromatic nitrogens is 1. The van der Waals surface area contributed by atoms with Gasteiger partial charge in [-0.2, -0.15) is 0 Å². The molecule has 19 heavy (non-hydrogen) atoms. The van der Waals surface area contributed by atoms with Gasteiger partial charge in [-0.3, -0.25) is 4.79 Å². The zero-order valence-electron chi connectivity index (χ0n) is 11.3. The summed E-state index contributed by atoms with van der Waals surface area (Å²) in [6, 6.07) is 1.63. The van der Waals surface area contributed by atoms with Crippen LogP contribution in [0, 0.1) is 6.92 Å². The number of nitrogens with zero attached hydrogens (tertiary/aromatic N) is 1. The van der Waals surface area contributed by atoms with Crippen molar-refractivity contribution in [2.45, 2.75) is 32.3 Å². The third-order valence-electron chi connectivity index (χ3n) is 3.11. The first kappa shape index (κ1) is 14.0. The highest BCUT2D eigenvalue weighted by Crippen LogP contribution is 2.07. The molecule has 1 fully saturated rings. The number of ether oxygens (including phenoxy) is 1. The first-order valence-electron chi connectivity index (χ1n) is 6.79. The average Bonchev–Trinajstić information content (AvgIpc) is 2.86. The smallest absolute Gasteiger partial charge is 0.273 e. The lowest BCUT2D eigenvalue weighted by Crippen LogP contribution is -2.33. The molecule has 0 bridgehead atoms. The van der Waals surface area contributed by atoms with Crippen LogP contribution in [0.1, 0.15) is 35.5 Å². The molecule has 106 valence electrons. The maximum Gasteiger partial charge on any atom is 0.273 e. The lowest BCUT2D eigenvalue weighted by molar-refractivity contribution is 0.0317. The van der Waals surface area contributed by atoms with E-state index in [9.17, 15) is 4.79 Å². The Morgan fingerprint density at radius 1 is 1.58 bits per heavy atom. The molecule has 1 aliphatic rings. The standard InChI is InChI=1S/C13H21N3O3/c1-10-9-12(16-19-10)13(17)15-5-2-8-18-11-3-6-14-7-4-11/h9,11,14H,2-8H2,1H3,(H,15,17). The number of hydrogen-bond acceptors (Lipinski definition) is 5. The van der Waals surface area contributed by atoms with Crippen molar-refractivity contribution in [1.29, 1.82) is 0 Å². The van der Waals surface area contributed by atoms with Gasteiger partial charge in [-0.25, -0.2) is 0 Å². The molecule has 2 rings (SSSR count). The summed E-state index contributed by atoms with van der Waals surface area (Å²) in [6.45, 7) is 5.11. The molecule has 6 nitrogen and oxygen atoms in total. The number of amides is 1. The number of nitrogens with one attached hydrogen (secondary N) is 2. The molecular weight excluding hydrogens is 246 g/mol. The fourth-order valence-electron chi connectivity index (χ4n) is 2.05. The summed E-state index contributed by atoms with van der Waals surface area (Å²) in [6.07, 6.45) is 3.33. The van der Waals surface area contributed by atoms with Gasteiger partial charge in [0.25, 0.3) is 5.91 Å². The van der Waals surface area contributed by atoms with E-state index in [1.165, 1.54) is 0 Å². The Morgan fingerprint density at radius 2 is 2.37 bits per heavy atom. The minimum Gasteiger partial charge on any atom is -0.378 e. The molecule has 1 amide bonds. The van der Waals surface area contributed by atoms with Crippen molar-refractivity contribution in [3.63, 3.8) is 0 Å². The first-order valence-corrected chi connectivity index (χ1v) is 6.79. The Balaban J connectivity index is 1.55. The van der Waals surface area contributed by atoms with Gasteiger partial charge in [-0.05, 0) is 39.3 Å². The fraction of sp³-hybridized carbons (Fsp3) is 0.692. The molecule has 0 aromatic carbocycles. The predicted molar refractivity (Wildman–Crippen MR) is 70.0 cm³/mol. The largest absolute Gasteiger partial charge is 0.378 e. The number of piperidine rings is 1. The molecule has 0 radical (unpaired) electrons. The molecule has 0 unspecified atom stereocenters. The van der Waals surface area contributed by atoms with Crippen molar-refractivity contribution < 1.29 is 14.1 Å². The number of aryl methyl sites for hydroxylation is 1. The van der Waals surface area contributed by atoms with Crippen molar-refractivity contribution in [3.05, 3.63) is 17.5 Å². The Hall–Kier alpha value is -1.40. The third kappa shape index (κ3) is 4.65. The van der Waals surface area contributed by atoms with E-state index in [2.05, 4.69) is 15.8 Å². The second-order valence-electron chi connectivity index (χ2n) is 4.75. The minimum absolute atomic E-state index is 0.196. The normalized spacial score (nSPS) is 16.5. The molecular formula is C13H21N3O3. The summed E-state index contributed by atoms with van der Waals surface area (Å²) in [5.74, 6) is 0.443. The second kappa shape index (κ2) is 7.25. The number of rotatable bonds is 6. The molecule has 2 N–H and O–H groups in total. The van der Waals surface area contributed by atoms with Gasteiger partial charge >= 0.3 is 0 Å². The Kier molecular flexibility index (Phi) is 5.35. The van der Waals surface area contributed by atoms with E-state index >= 15 is 0 Å². The van der Waals surface area contributed by atoms with E-state index in [4.69, 9.17) is 9.26 Å². The molecule has 1 aromatic rings. The molecule has 1 saturated heterocycles. The topological polar surface area (TPSA) is 76.4 Å². The van der Waals surface area contributed by atoms with Gasteiger partial charge in [0, 0.05) is 19.2 Å². The van der Waals surface area contributed by atoms with Crippen molar-refractivity contribution in [2.75, 3.05) is 26.2 Å². The minimum atomic E-state index is -0.196. The van der Waals surface area contributed by atoms with Crippen LogP contribution < -0.4 is 10.6 Å². The Bertz CT molecular complexity index is 400. The van der Waals surface area contributed by atoms with Crippen LogP contribution in [0.3, 0.4) is 0 Å². The highest BCUT2D eigenvalue weighted by molar-refractivity contribution is 5.92. The van der Waals surface area contributed by atoms with Crippen LogP contribution in [-0.4, -0.2) is 43.4 Å². The molecule has 6 heteroatoms. The zero-order chi connectivity index (χ0) is 13.5. The van der Waals surface area contributed by atoms with Crippen molar-refractivity contribution in [1.82, 2.24) is 15.8 Å². The number of hydrogen-bond donors (Lipinski definition) is 2. The van der Waals surface area contributed by atoms with Gasteiger partial charge < -0.3 is 19.9 Å². The van der Waals surface area contributed by atoms with Crippen LogP contribution in [0.15, 0.2) is 10.6 Å². The van der Waals surface area contributed by atoms with E-state index in [1.54, 1.807) is 13.0 Å². The predicted octanol–water partition coefficient (Wildman–Crippen LogP) is 0.872. The fourth-order valence-corrected chi connectivity index (χ4v) is 2.05. The zero-order valence-corrected chi connectivity index (χ0v) is 11.3. The molecule has 0 aliphatic carbocycles. The van der Waals surface area contributed by atoms with Gasteiger partial charge in [0.15, 0.2) is 5.69 Å². The average molecular weight is 267 g/mol. The molecule has 0 saturated carbocycles. The highest BCUT2D eigenvalue weighted by atomic mass is 16.5. The van der Waals surface area contributed by atoms with Gasteiger partial charge in [-0.1, -0.05) is 5.16 Å². The van der Waals surface area contributed by atoms with Crippen molar-refractivity contribution in [3.8, 4) is 0 Å². The lowest BCUT2D eigenvalue weighted by Gasteiger charge is -2.22. The first-order chi connectivity index (χ1) is 9.25. The van der Waals surface area contributed by atoms with Crippen LogP contribution in [0.4, 0.5) is 0 Å². The highest BCUT2D eigenvalue weighted by Gasteiger charge is 2.13. The second-order valence-corrected chi connectivity index (χ2v) is 4.75. The van der Waals surface area contributed by atoms with Crippen LogP contribution in [-0.2, 0) is 4.74 Å². The molecule has 0 spiro atoms. The summed E-state index contributed by atoms with van der Waals surface area (Å²) in [4.78, 5) is 11.6. The Morgan fingerprint density at radius 3 is 3.05 bits per heavy atom. The van der Waals surface area contributed by atoms with Gasteiger partial charge in [0.2, 0.25) is 0 Å². The lowest BCUT2D eigenvalue weighted by atomic mass is 10.1. The summed E-state index contributed by atoms with van der Waals surface area (Å²) in [5.41, 5.74) is 0.330. The molecule has 1 aliphatic heterocycles. The summed E-state index contributed by atoms with van der Waals surface area (Å²) >= 11 is 0. The van der Waals surface area contributed by atoms with Crippen molar-refractivity contribution in [2.24, 2.45) is 0 Å². The number of carbonyl (C=O) groups is 1. The summed E-state index contributed by atoms with van der Waals surface area (Å²) < 4.78 is 10.6.